The van der Waals surface area contributed by atoms with Crippen LogP contribution in [0.15, 0.2) is 18.3 Å². The van der Waals surface area contributed by atoms with Crippen molar-refractivity contribution in [2.24, 2.45) is 0 Å². The molecule has 0 bridgehead atoms. The van der Waals surface area contributed by atoms with Gasteiger partial charge in [0.2, 0.25) is 0 Å². The Morgan fingerprint density at radius 1 is 1.23 bits per heavy atom. The van der Waals surface area contributed by atoms with Crippen LogP contribution in [0.1, 0.15) is 25.1 Å². The molecule has 13 heavy (non-hydrogen) atoms. The molecule has 0 aliphatic heterocycles. The topological polar surface area (TPSA) is 12.9 Å². The molecule has 0 aliphatic carbocycles. The van der Waals surface area contributed by atoms with E-state index in [2.05, 4.69) is 4.98 Å². The van der Waals surface area contributed by atoms with Crippen molar-refractivity contribution in [3.05, 3.63) is 29.6 Å². The van der Waals surface area contributed by atoms with Crippen LogP contribution in [-0.2, 0) is 6.18 Å². The Balaban J connectivity index is 0.000000671. The first kappa shape index (κ1) is 11.9. The molecule has 4 heteroatoms. The van der Waals surface area contributed by atoms with Gasteiger partial charge in [0.1, 0.15) is 5.69 Å². The van der Waals surface area contributed by atoms with E-state index in [0.29, 0.717) is 5.56 Å². The second-order valence-electron chi connectivity index (χ2n) is 2.22. The van der Waals surface area contributed by atoms with Gasteiger partial charge in [-0.1, -0.05) is 13.8 Å². The molecule has 0 radical (unpaired) electrons. The summed E-state index contributed by atoms with van der Waals surface area (Å²) in [5.41, 5.74) is -0.273. The van der Waals surface area contributed by atoms with Crippen molar-refractivity contribution in [2.75, 3.05) is 0 Å². The van der Waals surface area contributed by atoms with E-state index in [1.807, 2.05) is 13.8 Å². The Morgan fingerprint density at radius 2 is 1.77 bits per heavy atom. The fourth-order valence-electron chi connectivity index (χ4n) is 0.691. The maximum absolute atomic E-state index is 11.9. The largest absolute Gasteiger partial charge is 0.433 e. The first-order valence-electron chi connectivity index (χ1n) is 4.00. The number of halogens is 3. The Morgan fingerprint density at radius 3 is 2.08 bits per heavy atom. The highest BCUT2D eigenvalue weighted by atomic mass is 19.4. The maximum atomic E-state index is 11.9. The molecule has 0 unspecified atom stereocenters. The summed E-state index contributed by atoms with van der Waals surface area (Å²) < 4.78 is 35.7. The van der Waals surface area contributed by atoms with E-state index in [1.54, 1.807) is 6.92 Å². The molecule has 0 spiro atoms. The predicted octanol–water partition coefficient (Wildman–Crippen LogP) is 3.44. The van der Waals surface area contributed by atoms with Crippen molar-refractivity contribution < 1.29 is 13.2 Å². The minimum atomic E-state index is -4.33. The normalized spacial score (nSPS) is 10.3. The summed E-state index contributed by atoms with van der Waals surface area (Å²) in [5.74, 6) is 0. The monoisotopic (exact) mass is 191 g/mol. The first-order valence-corrected chi connectivity index (χ1v) is 4.00. The number of alkyl halides is 3. The van der Waals surface area contributed by atoms with Crippen LogP contribution in [0.3, 0.4) is 0 Å². The van der Waals surface area contributed by atoms with Gasteiger partial charge in [0.25, 0.3) is 0 Å². The lowest BCUT2D eigenvalue weighted by Gasteiger charge is -2.04. The molecule has 0 saturated carbocycles. The van der Waals surface area contributed by atoms with Crippen molar-refractivity contribution in [1.29, 1.82) is 0 Å². The summed E-state index contributed by atoms with van der Waals surface area (Å²) in [7, 11) is 0. The third-order valence-corrected chi connectivity index (χ3v) is 1.21. The van der Waals surface area contributed by atoms with Gasteiger partial charge < -0.3 is 0 Å². The van der Waals surface area contributed by atoms with Crippen LogP contribution >= 0.6 is 0 Å². The molecule has 1 aromatic rings. The Kier molecular flexibility index (Phi) is 4.45. The van der Waals surface area contributed by atoms with Crippen molar-refractivity contribution in [2.45, 2.75) is 26.9 Å². The number of rotatable bonds is 0. The second kappa shape index (κ2) is 4.84. The number of aromatic nitrogens is 1. The standard InChI is InChI=1S/C7H6F3N.C2H6/c1-5-2-3-11-6(4-5)7(8,9)10;1-2/h2-4H,1H3;1-2H3. The van der Waals surface area contributed by atoms with Gasteiger partial charge in [-0.3, -0.25) is 4.98 Å². The molecule has 0 N–H and O–H groups in total. The minimum Gasteiger partial charge on any atom is -0.252 e. The van der Waals surface area contributed by atoms with Crippen molar-refractivity contribution >= 4 is 0 Å². The van der Waals surface area contributed by atoms with E-state index >= 15 is 0 Å². The molecule has 0 aliphatic rings. The molecule has 1 aromatic heterocycles. The number of nitrogens with zero attached hydrogens (tertiary/aromatic N) is 1. The molecule has 0 atom stereocenters. The van der Waals surface area contributed by atoms with Gasteiger partial charge in [-0.25, -0.2) is 0 Å². The van der Waals surface area contributed by atoms with Gasteiger partial charge in [0.15, 0.2) is 0 Å². The lowest BCUT2D eigenvalue weighted by atomic mass is 10.2. The first-order chi connectivity index (χ1) is 6.00. The van der Waals surface area contributed by atoms with Crippen LogP contribution in [0.25, 0.3) is 0 Å². The SMILES string of the molecule is CC.Cc1ccnc(C(F)(F)F)c1. The van der Waals surface area contributed by atoms with Crippen molar-refractivity contribution in [3.8, 4) is 0 Å². The van der Waals surface area contributed by atoms with Gasteiger partial charge in [-0.15, -0.1) is 0 Å². The zero-order chi connectivity index (χ0) is 10.5. The Bertz CT molecular complexity index is 255. The van der Waals surface area contributed by atoms with Gasteiger partial charge in [-0.05, 0) is 24.6 Å². The van der Waals surface area contributed by atoms with Crippen LogP contribution in [0.4, 0.5) is 13.2 Å². The third kappa shape index (κ3) is 3.92. The summed E-state index contributed by atoms with van der Waals surface area (Å²) in [6.07, 6.45) is -3.18. The summed E-state index contributed by atoms with van der Waals surface area (Å²) in [5, 5.41) is 0. The van der Waals surface area contributed by atoms with Crippen LogP contribution in [0.2, 0.25) is 0 Å². The fraction of sp³-hybridized carbons (Fsp3) is 0.444. The molecular formula is C9H12F3N. The van der Waals surface area contributed by atoms with Crippen LogP contribution < -0.4 is 0 Å². The molecule has 0 aromatic carbocycles. The Labute approximate surface area is 75.6 Å². The molecule has 0 saturated heterocycles. The smallest absolute Gasteiger partial charge is 0.252 e. The number of hydrogen-bond donors (Lipinski definition) is 0. The summed E-state index contributed by atoms with van der Waals surface area (Å²) in [6.45, 7) is 5.59. The highest BCUT2D eigenvalue weighted by molar-refractivity contribution is 5.16. The molecule has 1 rings (SSSR count). The third-order valence-electron chi connectivity index (χ3n) is 1.21. The maximum Gasteiger partial charge on any atom is 0.433 e. The summed E-state index contributed by atoms with van der Waals surface area (Å²) in [4.78, 5) is 3.19. The lowest BCUT2D eigenvalue weighted by Crippen LogP contribution is -2.07. The van der Waals surface area contributed by atoms with E-state index in [1.165, 1.54) is 6.07 Å². The molecule has 74 valence electrons. The molecule has 1 nitrogen and oxygen atoms in total. The lowest BCUT2D eigenvalue weighted by molar-refractivity contribution is -0.141. The fourth-order valence-corrected chi connectivity index (χ4v) is 0.691. The molecule has 0 amide bonds. The number of aryl methyl sites for hydroxylation is 1. The highest BCUT2D eigenvalue weighted by Crippen LogP contribution is 2.27. The number of hydrogen-bond acceptors (Lipinski definition) is 1. The molecule has 1 heterocycles. The van der Waals surface area contributed by atoms with Crippen LogP contribution in [0.5, 0.6) is 0 Å². The van der Waals surface area contributed by atoms with E-state index < -0.39 is 11.9 Å². The van der Waals surface area contributed by atoms with Crippen LogP contribution in [-0.4, -0.2) is 4.98 Å². The van der Waals surface area contributed by atoms with E-state index in [0.717, 1.165) is 12.3 Å². The van der Waals surface area contributed by atoms with Crippen molar-refractivity contribution in [3.63, 3.8) is 0 Å². The van der Waals surface area contributed by atoms with E-state index in [4.69, 9.17) is 0 Å². The highest BCUT2D eigenvalue weighted by Gasteiger charge is 2.31. The predicted molar refractivity (Wildman–Crippen MR) is 45.3 cm³/mol. The average Bonchev–Trinajstić information content (AvgIpc) is 2.06. The summed E-state index contributed by atoms with van der Waals surface area (Å²) in [6, 6.07) is 2.54. The zero-order valence-corrected chi connectivity index (χ0v) is 7.81. The van der Waals surface area contributed by atoms with E-state index in [9.17, 15) is 13.2 Å². The van der Waals surface area contributed by atoms with Gasteiger partial charge in [-0.2, -0.15) is 13.2 Å². The second-order valence-corrected chi connectivity index (χ2v) is 2.22. The molecular weight excluding hydrogens is 179 g/mol. The number of pyridine rings is 1. The summed E-state index contributed by atoms with van der Waals surface area (Å²) >= 11 is 0. The molecule has 0 fully saturated rings. The zero-order valence-electron chi connectivity index (χ0n) is 7.81. The van der Waals surface area contributed by atoms with Crippen molar-refractivity contribution in [1.82, 2.24) is 4.98 Å². The quantitative estimate of drug-likeness (QED) is 0.612. The Hall–Kier alpha value is -1.06. The van der Waals surface area contributed by atoms with Crippen LogP contribution in [0, 0.1) is 6.92 Å². The van der Waals surface area contributed by atoms with E-state index in [-0.39, 0.29) is 0 Å². The van der Waals surface area contributed by atoms with Gasteiger partial charge >= 0.3 is 6.18 Å². The minimum absolute atomic E-state index is 0.562. The van der Waals surface area contributed by atoms with Gasteiger partial charge in [0, 0.05) is 6.20 Å². The average molecular weight is 191 g/mol. The van der Waals surface area contributed by atoms with Gasteiger partial charge in [0.05, 0.1) is 0 Å².